The van der Waals surface area contributed by atoms with E-state index < -0.39 is 0 Å². The number of allylic oxidation sites excluding steroid dienone is 1. The quantitative estimate of drug-likeness (QED) is 0.624. The van der Waals surface area contributed by atoms with Crippen molar-refractivity contribution in [2.45, 2.75) is 26.8 Å². The molecule has 2 rings (SSSR count). The van der Waals surface area contributed by atoms with Gasteiger partial charge in [0.15, 0.2) is 0 Å². The van der Waals surface area contributed by atoms with Crippen LogP contribution in [0.25, 0.3) is 6.08 Å². The zero-order valence-corrected chi connectivity index (χ0v) is 14.3. The molecule has 2 N–H and O–H groups in total. The van der Waals surface area contributed by atoms with Crippen LogP contribution >= 0.6 is 0 Å². The summed E-state index contributed by atoms with van der Waals surface area (Å²) in [7, 11) is 0. The van der Waals surface area contributed by atoms with Gasteiger partial charge in [0.05, 0.1) is 5.71 Å². The average molecular weight is 321 g/mol. The summed E-state index contributed by atoms with van der Waals surface area (Å²) in [6.45, 7) is 5.68. The van der Waals surface area contributed by atoms with Crippen molar-refractivity contribution in [3.05, 3.63) is 71.8 Å². The van der Waals surface area contributed by atoms with Crippen molar-refractivity contribution in [2.75, 3.05) is 5.32 Å². The van der Waals surface area contributed by atoms with E-state index in [9.17, 15) is 4.79 Å². The summed E-state index contributed by atoms with van der Waals surface area (Å²) in [6.07, 6.45) is 3.83. The smallest absolute Gasteiger partial charge is 0.262 e. The van der Waals surface area contributed by atoms with Crippen molar-refractivity contribution in [1.29, 1.82) is 0 Å². The Kier molecular flexibility index (Phi) is 6.32. The molecule has 2 aromatic carbocycles. The molecule has 0 aliphatic carbocycles. The van der Waals surface area contributed by atoms with Gasteiger partial charge in [0, 0.05) is 5.69 Å². The molecule has 2 aromatic rings. The highest BCUT2D eigenvalue weighted by Gasteiger charge is 2.11. The summed E-state index contributed by atoms with van der Waals surface area (Å²) in [6, 6.07) is 17.5. The molecule has 0 bridgehead atoms. The molecule has 0 radical (unpaired) electrons. The van der Waals surface area contributed by atoms with Crippen molar-refractivity contribution < 1.29 is 4.79 Å². The minimum absolute atomic E-state index is 0.178. The first-order valence-corrected chi connectivity index (χ1v) is 7.95. The third kappa shape index (κ3) is 5.72. The van der Waals surface area contributed by atoms with Gasteiger partial charge in [-0.05, 0) is 44.5 Å². The van der Waals surface area contributed by atoms with Crippen molar-refractivity contribution in [2.24, 2.45) is 5.10 Å². The van der Waals surface area contributed by atoms with Crippen LogP contribution in [0.15, 0.2) is 65.8 Å². The number of aryl methyl sites for hydroxylation is 1. The number of anilines is 1. The number of carbonyl (C=O) groups excluding carboxylic acids is 1. The molecular formula is C20H23N3O. The lowest BCUT2D eigenvalue weighted by atomic mass is 10.2. The van der Waals surface area contributed by atoms with Crippen LogP contribution < -0.4 is 10.7 Å². The van der Waals surface area contributed by atoms with Crippen molar-refractivity contribution in [3.63, 3.8) is 0 Å². The average Bonchev–Trinajstić information content (AvgIpc) is 2.60. The Hall–Kier alpha value is -2.88. The molecule has 0 aliphatic rings. The molecule has 0 spiro atoms. The van der Waals surface area contributed by atoms with E-state index in [0.717, 1.165) is 17.0 Å². The number of hydrogen-bond acceptors (Lipinski definition) is 3. The van der Waals surface area contributed by atoms with Crippen LogP contribution in [-0.4, -0.2) is 17.7 Å². The molecular weight excluding hydrogens is 298 g/mol. The Morgan fingerprint density at radius 1 is 1.08 bits per heavy atom. The van der Waals surface area contributed by atoms with Gasteiger partial charge in [0.1, 0.15) is 6.04 Å². The van der Waals surface area contributed by atoms with Crippen LogP contribution in [0.3, 0.4) is 0 Å². The Morgan fingerprint density at radius 3 is 2.42 bits per heavy atom. The lowest BCUT2D eigenvalue weighted by Gasteiger charge is -2.13. The molecule has 0 aromatic heterocycles. The molecule has 124 valence electrons. The fourth-order valence-electron chi connectivity index (χ4n) is 2.02. The van der Waals surface area contributed by atoms with Gasteiger partial charge in [-0.2, -0.15) is 5.10 Å². The molecule has 4 heteroatoms. The third-order valence-corrected chi connectivity index (χ3v) is 3.49. The van der Waals surface area contributed by atoms with E-state index in [2.05, 4.69) is 15.8 Å². The zero-order valence-electron chi connectivity index (χ0n) is 14.3. The van der Waals surface area contributed by atoms with Gasteiger partial charge in [-0.15, -0.1) is 0 Å². The van der Waals surface area contributed by atoms with Gasteiger partial charge in [-0.25, -0.2) is 5.43 Å². The van der Waals surface area contributed by atoms with Crippen LogP contribution in [0.1, 0.15) is 25.0 Å². The number of nitrogens with one attached hydrogen (secondary N) is 2. The maximum Gasteiger partial charge on any atom is 0.262 e. The summed E-state index contributed by atoms with van der Waals surface area (Å²) in [5, 5.41) is 7.26. The van der Waals surface area contributed by atoms with Gasteiger partial charge >= 0.3 is 0 Å². The molecule has 0 fully saturated rings. The summed E-state index contributed by atoms with van der Waals surface area (Å²) in [5.74, 6) is -0.178. The predicted octanol–water partition coefficient (Wildman–Crippen LogP) is 4.00. The highest BCUT2D eigenvalue weighted by molar-refractivity contribution is 5.97. The molecule has 0 saturated carbocycles. The van der Waals surface area contributed by atoms with Crippen LogP contribution in [0.5, 0.6) is 0 Å². The van der Waals surface area contributed by atoms with E-state index in [-0.39, 0.29) is 11.9 Å². The van der Waals surface area contributed by atoms with Crippen LogP contribution in [0.2, 0.25) is 0 Å². The number of hydrazone groups is 1. The van der Waals surface area contributed by atoms with E-state index in [0.29, 0.717) is 0 Å². The lowest BCUT2D eigenvalue weighted by Crippen LogP contribution is -2.35. The fourth-order valence-corrected chi connectivity index (χ4v) is 2.02. The number of amides is 1. The summed E-state index contributed by atoms with van der Waals surface area (Å²) >= 11 is 0. The van der Waals surface area contributed by atoms with Gasteiger partial charge in [0.2, 0.25) is 0 Å². The normalized spacial score (nSPS) is 12.9. The van der Waals surface area contributed by atoms with E-state index in [1.807, 2.05) is 80.6 Å². The summed E-state index contributed by atoms with van der Waals surface area (Å²) in [4.78, 5) is 12.1. The fraction of sp³-hybridized carbons (Fsp3) is 0.200. The molecule has 24 heavy (non-hydrogen) atoms. The van der Waals surface area contributed by atoms with Crippen molar-refractivity contribution >= 4 is 23.4 Å². The van der Waals surface area contributed by atoms with Crippen LogP contribution in [-0.2, 0) is 4.79 Å². The highest BCUT2D eigenvalue weighted by Crippen LogP contribution is 2.10. The van der Waals surface area contributed by atoms with Gasteiger partial charge in [-0.3, -0.25) is 4.79 Å². The number of hydrogen-bond donors (Lipinski definition) is 2. The SMILES string of the molecule is CC(/C=C/c1ccccc1)=N/NC(=O)[C@H](C)Nc1ccc(C)cc1. The first-order chi connectivity index (χ1) is 11.5. The molecule has 1 atom stereocenters. The number of carbonyl (C=O) groups is 1. The van der Waals surface area contributed by atoms with E-state index >= 15 is 0 Å². The van der Waals surface area contributed by atoms with Crippen LogP contribution in [0.4, 0.5) is 5.69 Å². The topological polar surface area (TPSA) is 53.5 Å². The Bertz CT molecular complexity index is 718. The van der Waals surface area contributed by atoms with Crippen molar-refractivity contribution in [3.8, 4) is 0 Å². The maximum atomic E-state index is 12.1. The monoisotopic (exact) mass is 321 g/mol. The Balaban J connectivity index is 1.86. The maximum absolute atomic E-state index is 12.1. The molecule has 4 nitrogen and oxygen atoms in total. The number of rotatable bonds is 6. The number of nitrogens with zero attached hydrogens (tertiary/aromatic N) is 1. The van der Waals surface area contributed by atoms with E-state index in [1.165, 1.54) is 5.56 Å². The third-order valence-electron chi connectivity index (χ3n) is 3.49. The summed E-state index contributed by atoms with van der Waals surface area (Å²) in [5.41, 5.74) is 6.50. The van der Waals surface area contributed by atoms with Crippen LogP contribution in [0, 0.1) is 6.92 Å². The Morgan fingerprint density at radius 2 is 1.75 bits per heavy atom. The second-order valence-electron chi connectivity index (χ2n) is 5.71. The first kappa shape index (κ1) is 17.5. The first-order valence-electron chi connectivity index (χ1n) is 7.95. The minimum atomic E-state index is -0.373. The van der Waals surface area contributed by atoms with Gasteiger partial charge < -0.3 is 5.32 Å². The van der Waals surface area contributed by atoms with Gasteiger partial charge in [0.25, 0.3) is 5.91 Å². The summed E-state index contributed by atoms with van der Waals surface area (Å²) < 4.78 is 0. The lowest BCUT2D eigenvalue weighted by molar-refractivity contribution is -0.121. The van der Waals surface area contributed by atoms with Crippen molar-refractivity contribution in [1.82, 2.24) is 5.43 Å². The largest absolute Gasteiger partial charge is 0.374 e. The van der Waals surface area contributed by atoms with E-state index in [4.69, 9.17) is 0 Å². The zero-order chi connectivity index (χ0) is 17.4. The second kappa shape index (κ2) is 8.67. The predicted molar refractivity (Wildman–Crippen MR) is 101 cm³/mol. The van der Waals surface area contributed by atoms with Gasteiger partial charge in [-0.1, -0.05) is 54.1 Å². The second-order valence-corrected chi connectivity index (χ2v) is 5.71. The van der Waals surface area contributed by atoms with E-state index in [1.54, 1.807) is 6.92 Å². The molecule has 0 saturated heterocycles. The molecule has 0 unspecified atom stereocenters. The molecule has 1 amide bonds. The number of benzene rings is 2. The minimum Gasteiger partial charge on any atom is -0.374 e. The molecule has 0 heterocycles. The molecule has 0 aliphatic heterocycles. The standard InChI is InChI=1S/C20H23N3O/c1-15-9-13-19(14-10-15)21-17(3)20(24)23-22-16(2)11-12-18-7-5-4-6-8-18/h4-14,17,21H,1-3H3,(H,23,24)/b12-11+,22-16-/t17-/m0/s1. The highest BCUT2D eigenvalue weighted by atomic mass is 16.2. The Labute approximate surface area is 143 Å².